The van der Waals surface area contributed by atoms with Crippen molar-refractivity contribution in [3.05, 3.63) is 45.2 Å². The van der Waals surface area contributed by atoms with Crippen LogP contribution in [0.1, 0.15) is 36.7 Å². The van der Waals surface area contributed by atoms with Crippen LogP contribution in [0.5, 0.6) is 0 Å². The average molecular weight is 432 g/mol. The number of nitrogens with one attached hydrogen (secondary N) is 1. The molecule has 1 aliphatic carbocycles. The van der Waals surface area contributed by atoms with Crippen LogP contribution in [0.2, 0.25) is 10.0 Å². The maximum absolute atomic E-state index is 12.6. The number of amides is 1. The van der Waals surface area contributed by atoms with Gasteiger partial charge in [-0.1, -0.05) is 23.2 Å². The third-order valence-corrected chi connectivity index (χ3v) is 5.78. The third kappa shape index (κ3) is 4.60. The van der Waals surface area contributed by atoms with Gasteiger partial charge in [0.2, 0.25) is 5.91 Å². The summed E-state index contributed by atoms with van der Waals surface area (Å²) in [6.07, 6.45) is 2.52. The highest BCUT2D eigenvalue weighted by molar-refractivity contribution is 6.35. The van der Waals surface area contributed by atoms with Gasteiger partial charge in [-0.3, -0.25) is 4.79 Å². The first-order valence-electron chi connectivity index (χ1n) is 8.77. The lowest BCUT2D eigenvalue weighted by Crippen LogP contribution is -2.53. The van der Waals surface area contributed by atoms with Gasteiger partial charge in [-0.2, -0.15) is 5.10 Å². The van der Waals surface area contributed by atoms with Gasteiger partial charge in [-0.15, -0.1) is 12.4 Å². The van der Waals surface area contributed by atoms with Crippen LogP contribution in [0, 0.1) is 19.8 Å². The Morgan fingerprint density at radius 2 is 2.04 bits per heavy atom. The lowest BCUT2D eigenvalue weighted by molar-refractivity contribution is -0.122. The minimum absolute atomic E-state index is 0. The van der Waals surface area contributed by atoms with Gasteiger partial charge in [0.25, 0.3) is 0 Å². The van der Waals surface area contributed by atoms with E-state index in [4.69, 9.17) is 28.9 Å². The van der Waals surface area contributed by atoms with Crippen LogP contribution < -0.4 is 11.1 Å². The Labute approximate surface area is 176 Å². The zero-order valence-corrected chi connectivity index (χ0v) is 18.0. The van der Waals surface area contributed by atoms with Crippen molar-refractivity contribution in [2.75, 3.05) is 6.54 Å². The molecule has 0 bridgehead atoms. The predicted octanol–water partition coefficient (Wildman–Crippen LogP) is 4.00. The van der Waals surface area contributed by atoms with Crippen molar-refractivity contribution in [1.82, 2.24) is 15.1 Å². The van der Waals surface area contributed by atoms with E-state index in [1.807, 2.05) is 26.8 Å². The molecule has 1 atom stereocenters. The fourth-order valence-electron chi connectivity index (χ4n) is 3.38. The Bertz CT molecular complexity index is 848. The van der Waals surface area contributed by atoms with Gasteiger partial charge in [0, 0.05) is 22.8 Å². The molecule has 3 N–H and O–H groups in total. The number of aryl methyl sites for hydroxylation is 1. The van der Waals surface area contributed by atoms with Gasteiger partial charge < -0.3 is 11.1 Å². The summed E-state index contributed by atoms with van der Waals surface area (Å²) < 4.78 is 1.76. The molecule has 1 unspecified atom stereocenters. The van der Waals surface area contributed by atoms with Crippen LogP contribution in [0.15, 0.2) is 18.2 Å². The fourth-order valence-corrected chi connectivity index (χ4v) is 3.87. The van der Waals surface area contributed by atoms with E-state index in [0.717, 1.165) is 35.5 Å². The molecular formula is C19H25Cl3N4O. The second-order valence-electron chi connectivity index (χ2n) is 7.28. The number of hydrogen-bond donors (Lipinski definition) is 2. The Morgan fingerprint density at radius 1 is 1.37 bits per heavy atom. The largest absolute Gasteiger partial charge is 0.349 e. The summed E-state index contributed by atoms with van der Waals surface area (Å²) in [7, 11) is 0. The maximum Gasteiger partial charge on any atom is 0.225 e. The number of nitrogens with two attached hydrogens (primary N) is 1. The number of carbonyl (C=O) groups excluding carboxylic acids is 1. The molecule has 2 aromatic rings. The molecule has 3 rings (SSSR count). The topological polar surface area (TPSA) is 72.9 Å². The van der Waals surface area contributed by atoms with E-state index >= 15 is 0 Å². The second kappa shape index (κ2) is 8.39. The van der Waals surface area contributed by atoms with Crippen LogP contribution >= 0.6 is 35.6 Å². The summed E-state index contributed by atoms with van der Waals surface area (Å²) in [6.45, 7) is 6.32. The highest BCUT2D eigenvalue weighted by atomic mass is 35.5. The third-order valence-electron chi connectivity index (χ3n) is 5.24. The molecule has 1 aromatic carbocycles. The van der Waals surface area contributed by atoms with E-state index in [9.17, 15) is 4.79 Å². The van der Waals surface area contributed by atoms with Crippen molar-refractivity contribution in [1.29, 1.82) is 0 Å². The van der Waals surface area contributed by atoms with Crippen LogP contribution in [-0.2, 0) is 11.2 Å². The second-order valence-corrected chi connectivity index (χ2v) is 8.12. The first-order valence-corrected chi connectivity index (χ1v) is 9.52. The van der Waals surface area contributed by atoms with E-state index in [1.165, 1.54) is 0 Å². The summed E-state index contributed by atoms with van der Waals surface area (Å²) >= 11 is 12.3. The Balaban J connectivity index is 0.00000261. The van der Waals surface area contributed by atoms with Crippen LogP contribution in [0.3, 0.4) is 0 Å². The number of rotatable bonds is 6. The van der Waals surface area contributed by atoms with Crippen LogP contribution in [-0.4, -0.2) is 27.8 Å². The summed E-state index contributed by atoms with van der Waals surface area (Å²) in [5, 5.41) is 8.79. The molecule has 8 heteroatoms. The van der Waals surface area contributed by atoms with Crippen molar-refractivity contribution in [3.8, 4) is 5.69 Å². The Kier molecular flexibility index (Phi) is 6.85. The quantitative estimate of drug-likeness (QED) is 0.726. The number of carbonyl (C=O) groups is 1. The van der Waals surface area contributed by atoms with Crippen molar-refractivity contribution >= 4 is 41.5 Å². The smallest absolute Gasteiger partial charge is 0.225 e. The average Bonchev–Trinajstić information content (AvgIpc) is 3.39. The molecule has 0 saturated heterocycles. The van der Waals surface area contributed by atoms with E-state index in [2.05, 4.69) is 10.4 Å². The summed E-state index contributed by atoms with van der Waals surface area (Å²) in [5.74, 6) is 0.451. The SMILES string of the molecule is Cc1nn(-c2ccc(Cl)cc2Cl)c(C)c1CC(=O)NC(C)(CN)C1CC1.Cl. The molecule has 1 saturated carbocycles. The van der Waals surface area contributed by atoms with Gasteiger partial charge in [0.15, 0.2) is 0 Å². The molecule has 1 amide bonds. The molecule has 1 heterocycles. The standard InChI is InChI=1S/C19H24Cl2N4O.ClH/c1-11-15(9-18(26)23-19(3,10-22)13-4-5-13)12(2)25(24-11)17-7-6-14(20)8-16(17)21;/h6-8,13H,4-5,9-10,22H2,1-3H3,(H,23,26);1H. The molecule has 0 spiro atoms. The fraction of sp³-hybridized carbons (Fsp3) is 0.474. The van der Waals surface area contributed by atoms with E-state index < -0.39 is 0 Å². The molecule has 0 aliphatic heterocycles. The Morgan fingerprint density at radius 3 is 2.59 bits per heavy atom. The number of benzene rings is 1. The molecule has 27 heavy (non-hydrogen) atoms. The predicted molar refractivity (Wildman–Crippen MR) is 112 cm³/mol. The zero-order chi connectivity index (χ0) is 19.1. The highest BCUT2D eigenvalue weighted by Crippen LogP contribution is 2.39. The van der Waals surface area contributed by atoms with E-state index in [1.54, 1.807) is 16.8 Å². The lowest BCUT2D eigenvalue weighted by atomic mass is 9.95. The molecule has 1 fully saturated rings. The van der Waals surface area contributed by atoms with Gasteiger partial charge in [-0.25, -0.2) is 4.68 Å². The lowest BCUT2D eigenvalue weighted by Gasteiger charge is -2.29. The molecule has 5 nitrogen and oxygen atoms in total. The molecule has 148 valence electrons. The van der Waals surface area contributed by atoms with E-state index in [0.29, 0.717) is 22.5 Å². The summed E-state index contributed by atoms with van der Waals surface area (Å²) in [5.41, 5.74) is 8.93. The van der Waals surface area contributed by atoms with Gasteiger partial charge in [0.1, 0.15) is 0 Å². The first-order chi connectivity index (χ1) is 12.2. The Hall–Kier alpha value is -1.27. The van der Waals surface area contributed by atoms with Crippen LogP contribution in [0.25, 0.3) is 5.69 Å². The summed E-state index contributed by atoms with van der Waals surface area (Å²) in [6, 6.07) is 5.28. The monoisotopic (exact) mass is 430 g/mol. The number of nitrogens with zero attached hydrogens (tertiary/aromatic N) is 2. The van der Waals surface area contributed by atoms with Crippen molar-refractivity contribution in [2.24, 2.45) is 11.7 Å². The minimum Gasteiger partial charge on any atom is -0.349 e. The zero-order valence-electron chi connectivity index (χ0n) is 15.7. The normalized spacial score (nSPS) is 15.8. The first kappa shape index (κ1) is 22.0. The van der Waals surface area contributed by atoms with Gasteiger partial charge in [0.05, 0.1) is 28.4 Å². The number of halogens is 3. The van der Waals surface area contributed by atoms with Crippen molar-refractivity contribution in [3.63, 3.8) is 0 Å². The van der Waals surface area contributed by atoms with Crippen molar-refractivity contribution < 1.29 is 4.79 Å². The van der Waals surface area contributed by atoms with Crippen molar-refractivity contribution in [2.45, 2.75) is 45.6 Å². The van der Waals surface area contributed by atoms with Gasteiger partial charge in [-0.05, 0) is 57.7 Å². The number of hydrogen-bond acceptors (Lipinski definition) is 3. The number of aromatic nitrogens is 2. The van der Waals surface area contributed by atoms with E-state index in [-0.39, 0.29) is 30.3 Å². The molecule has 0 radical (unpaired) electrons. The highest BCUT2D eigenvalue weighted by Gasteiger charge is 2.41. The minimum atomic E-state index is -0.325. The van der Waals surface area contributed by atoms with Gasteiger partial charge >= 0.3 is 0 Å². The maximum atomic E-state index is 12.6. The molecule has 1 aromatic heterocycles. The molecular weight excluding hydrogens is 407 g/mol. The summed E-state index contributed by atoms with van der Waals surface area (Å²) in [4.78, 5) is 12.6. The van der Waals surface area contributed by atoms with Crippen LogP contribution in [0.4, 0.5) is 0 Å². The molecule has 1 aliphatic rings.